The summed E-state index contributed by atoms with van der Waals surface area (Å²) >= 11 is 0. The molecule has 0 spiro atoms. The molecule has 0 radical (unpaired) electrons. The van der Waals surface area contributed by atoms with Gasteiger partial charge in [0, 0.05) is 31.6 Å². The molecule has 56 heavy (non-hydrogen) atoms. The van der Waals surface area contributed by atoms with Gasteiger partial charge in [0.25, 0.3) is 0 Å². The number of aliphatic hydroxyl groups is 1. The van der Waals surface area contributed by atoms with Crippen LogP contribution in [0.4, 0.5) is 51.1 Å². The number of benzene rings is 2. The number of carbonyl (C=O) groups is 1. The first-order valence-electron chi connectivity index (χ1n) is 17.4. The van der Waals surface area contributed by atoms with Gasteiger partial charge in [0.2, 0.25) is 5.95 Å². The van der Waals surface area contributed by atoms with Crippen LogP contribution in [-0.2, 0) is 39.7 Å². The number of nitrogens with zero attached hydrogens (tertiary/aromatic N) is 4. The van der Waals surface area contributed by atoms with Gasteiger partial charge in [-0.1, -0.05) is 0 Å². The average molecular weight is 829 g/mol. The van der Waals surface area contributed by atoms with Crippen molar-refractivity contribution in [2.24, 2.45) is 11.8 Å². The van der Waals surface area contributed by atoms with Crippen LogP contribution in [0.5, 0.6) is 5.75 Å². The Morgan fingerprint density at radius 3 is 2.02 bits per heavy atom. The predicted octanol–water partition coefficient (Wildman–Crippen LogP) is 7.80. The fourth-order valence-corrected chi connectivity index (χ4v) is 7.02. The Hall–Kier alpha value is -4.33. The highest BCUT2D eigenvalue weighted by Gasteiger charge is 2.39. The van der Waals surface area contributed by atoms with Gasteiger partial charge in [-0.3, -0.25) is 4.79 Å². The molecule has 1 aliphatic rings. The second-order valence-corrected chi connectivity index (χ2v) is 16.1. The van der Waals surface area contributed by atoms with E-state index in [1.54, 1.807) is 11.8 Å². The average Bonchev–Trinajstić information content (AvgIpc) is 3.08. The fraction of sp³-hybridized carbons (Fsp3) is 0.528. The van der Waals surface area contributed by atoms with Crippen LogP contribution in [-0.4, -0.2) is 72.4 Å². The molecule has 0 saturated heterocycles. The minimum atomic E-state index is -5.20. The van der Waals surface area contributed by atoms with Crippen LogP contribution >= 0.6 is 0 Å². The van der Waals surface area contributed by atoms with Crippen LogP contribution in [0.2, 0.25) is 0 Å². The molecule has 4 rings (SSSR count). The number of sulfone groups is 1. The largest absolute Gasteiger partial charge is 0.489 e. The van der Waals surface area contributed by atoms with Crippen molar-refractivity contribution in [2.75, 3.05) is 41.5 Å². The van der Waals surface area contributed by atoms with Crippen molar-refractivity contribution in [3.8, 4) is 5.75 Å². The number of aliphatic carboxylic acids is 1. The SMILES string of the molecule is CCN(C[C@H]1CC[C@H](CC(=O)O)[C@H](O)C1)c1ccc(C(F)(F)F)cc1CN(c1ncc(OCCS(C)(=O)=O)cn1)[C@@H](C)c1cc(C(F)(F)F)cc(C(F)(F)F)c1. The lowest BCUT2D eigenvalue weighted by Crippen LogP contribution is -2.38. The number of anilines is 2. The summed E-state index contributed by atoms with van der Waals surface area (Å²) < 4.78 is 154. The van der Waals surface area contributed by atoms with Crippen molar-refractivity contribution in [3.05, 3.63) is 76.6 Å². The van der Waals surface area contributed by atoms with Crippen molar-refractivity contribution in [1.29, 1.82) is 0 Å². The van der Waals surface area contributed by atoms with Crippen LogP contribution in [0.25, 0.3) is 0 Å². The minimum absolute atomic E-state index is 0.0336. The van der Waals surface area contributed by atoms with Gasteiger partial charge in [-0.15, -0.1) is 0 Å². The van der Waals surface area contributed by atoms with E-state index in [-0.39, 0.29) is 73.2 Å². The molecular weight excluding hydrogens is 787 g/mol. The van der Waals surface area contributed by atoms with Crippen molar-refractivity contribution < 1.29 is 67.7 Å². The first-order chi connectivity index (χ1) is 25.9. The van der Waals surface area contributed by atoms with E-state index in [9.17, 15) is 62.9 Å². The third-order valence-corrected chi connectivity index (χ3v) is 10.5. The lowest BCUT2D eigenvalue weighted by molar-refractivity contribution is -0.143. The Labute approximate surface area is 317 Å². The summed E-state index contributed by atoms with van der Waals surface area (Å²) in [5, 5.41) is 19.9. The number of halogens is 9. The standard InChI is InChI=1S/C36H41F9N4O6S/c1-4-48(19-22-5-6-23(15-32(51)52)31(50)11-22)30-8-7-26(34(37,38)39)14-25(30)20-49(33-46-17-29(18-47-33)55-9-10-56(3,53)54)21(2)24-12-27(35(40,41)42)16-28(13-24)36(43,44)45/h7-8,12-14,16-18,21-23,31,50H,4-6,9-11,15,19-20H2,1-3H3,(H,51,52)/t21-,22-,23+,31+/m0/s1. The molecule has 0 unspecified atom stereocenters. The van der Waals surface area contributed by atoms with E-state index in [1.807, 2.05) is 0 Å². The maximum Gasteiger partial charge on any atom is 0.416 e. The number of carboxylic acid groups (broad SMARTS) is 1. The van der Waals surface area contributed by atoms with Gasteiger partial charge in [-0.25, -0.2) is 18.4 Å². The van der Waals surface area contributed by atoms with Crippen LogP contribution in [0.3, 0.4) is 0 Å². The summed E-state index contributed by atoms with van der Waals surface area (Å²) in [6, 6.07) is 2.42. The molecule has 20 heteroatoms. The molecule has 0 aliphatic heterocycles. The highest BCUT2D eigenvalue weighted by atomic mass is 32.2. The Morgan fingerprint density at radius 2 is 1.52 bits per heavy atom. The number of alkyl halides is 9. The molecule has 1 saturated carbocycles. The van der Waals surface area contributed by atoms with E-state index in [1.165, 1.54) is 13.0 Å². The van der Waals surface area contributed by atoms with Crippen LogP contribution < -0.4 is 14.5 Å². The first-order valence-corrected chi connectivity index (χ1v) is 19.4. The monoisotopic (exact) mass is 828 g/mol. The zero-order valence-corrected chi connectivity index (χ0v) is 31.2. The van der Waals surface area contributed by atoms with Gasteiger partial charge in [-0.2, -0.15) is 39.5 Å². The van der Waals surface area contributed by atoms with Crippen LogP contribution in [0.15, 0.2) is 48.8 Å². The molecule has 1 heterocycles. The molecule has 2 aromatic carbocycles. The zero-order chi connectivity index (χ0) is 41.8. The van der Waals surface area contributed by atoms with Gasteiger partial charge >= 0.3 is 24.5 Å². The van der Waals surface area contributed by atoms with Gasteiger partial charge in [0.1, 0.15) is 6.61 Å². The summed E-state index contributed by atoms with van der Waals surface area (Å²) in [5.74, 6) is -2.46. The number of carboxylic acids is 1. The smallest absolute Gasteiger partial charge is 0.416 e. The van der Waals surface area contributed by atoms with E-state index in [0.29, 0.717) is 25.0 Å². The number of aromatic nitrogens is 2. The number of hydrogen-bond acceptors (Lipinski definition) is 9. The van der Waals surface area contributed by atoms with Crippen LogP contribution in [0.1, 0.15) is 73.4 Å². The number of aliphatic hydroxyl groups excluding tert-OH is 1. The minimum Gasteiger partial charge on any atom is -0.489 e. The van der Waals surface area contributed by atoms with E-state index in [2.05, 4.69) is 9.97 Å². The molecule has 1 aromatic heterocycles. The summed E-state index contributed by atoms with van der Waals surface area (Å²) in [4.78, 5) is 22.4. The molecule has 0 bridgehead atoms. The van der Waals surface area contributed by atoms with Crippen molar-refractivity contribution >= 4 is 27.4 Å². The van der Waals surface area contributed by atoms with Crippen molar-refractivity contribution in [2.45, 2.75) is 76.8 Å². The summed E-state index contributed by atoms with van der Waals surface area (Å²) in [6.07, 6.45) is -12.2. The third-order valence-electron chi connectivity index (χ3n) is 9.60. The predicted molar refractivity (Wildman–Crippen MR) is 187 cm³/mol. The van der Waals surface area contributed by atoms with E-state index in [0.717, 1.165) is 35.7 Å². The lowest BCUT2D eigenvalue weighted by atomic mass is 9.78. The van der Waals surface area contributed by atoms with E-state index < -0.39 is 81.2 Å². The topological polar surface area (TPSA) is 133 Å². The highest BCUT2D eigenvalue weighted by molar-refractivity contribution is 7.90. The molecule has 3 aromatic rings. The Balaban J connectivity index is 1.81. The molecule has 1 aliphatic carbocycles. The molecule has 0 amide bonds. The summed E-state index contributed by atoms with van der Waals surface area (Å²) in [5.41, 5.74) is -4.59. The second kappa shape index (κ2) is 17.4. The molecular formula is C36H41F9N4O6S. The van der Waals surface area contributed by atoms with Crippen LogP contribution in [0, 0.1) is 11.8 Å². The number of rotatable bonds is 15. The molecule has 310 valence electrons. The molecule has 1 fully saturated rings. The number of hydrogen-bond donors (Lipinski definition) is 2. The second-order valence-electron chi connectivity index (χ2n) is 13.8. The normalized spacial score (nSPS) is 18.7. The van der Waals surface area contributed by atoms with Gasteiger partial charge in [0.05, 0.1) is 53.4 Å². The maximum absolute atomic E-state index is 14.2. The quantitative estimate of drug-likeness (QED) is 0.146. The van der Waals surface area contributed by atoms with Gasteiger partial charge in [-0.05, 0) is 92.5 Å². The first kappa shape index (κ1) is 44.4. The third kappa shape index (κ3) is 12.1. The Kier molecular flexibility index (Phi) is 13.8. The van der Waals surface area contributed by atoms with E-state index in [4.69, 9.17) is 4.74 Å². The van der Waals surface area contributed by atoms with Gasteiger partial charge in [0.15, 0.2) is 15.6 Å². The molecule has 2 N–H and O–H groups in total. The Morgan fingerprint density at radius 1 is 0.929 bits per heavy atom. The van der Waals surface area contributed by atoms with Crippen molar-refractivity contribution in [1.82, 2.24) is 9.97 Å². The maximum atomic E-state index is 14.2. The number of ether oxygens (including phenoxy) is 1. The van der Waals surface area contributed by atoms with Gasteiger partial charge < -0.3 is 24.7 Å². The lowest BCUT2D eigenvalue weighted by Gasteiger charge is -2.37. The fourth-order valence-electron chi connectivity index (χ4n) is 6.64. The van der Waals surface area contributed by atoms with E-state index >= 15 is 0 Å². The highest BCUT2D eigenvalue weighted by Crippen LogP contribution is 2.41. The van der Waals surface area contributed by atoms with Crippen molar-refractivity contribution in [3.63, 3.8) is 0 Å². The summed E-state index contributed by atoms with van der Waals surface area (Å²) in [7, 11) is -3.42. The summed E-state index contributed by atoms with van der Waals surface area (Å²) in [6.45, 7) is 2.57. The zero-order valence-electron chi connectivity index (χ0n) is 30.4. The molecule has 4 atom stereocenters. The Bertz CT molecular complexity index is 1890. The molecule has 10 nitrogen and oxygen atoms in total.